The van der Waals surface area contributed by atoms with Crippen LogP contribution in [-0.4, -0.2) is 5.91 Å². The van der Waals surface area contributed by atoms with Crippen molar-refractivity contribution in [2.75, 3.05) is 0 Å². The first kappa shape index (κ1) is 13.1. The third kappa shape index (κ3) is 3.35. The normalized spacial score (nSPS) is 10.2. The largest absolute Gasteiger partial charge is 0.489 e. The molecule has 0 spiro atoms. The quantitative estimate of drug-likeness (QED) is 0.913. The molecule has 0 unspecified atom stereocenters. The van der Waals surface area contributed by atoms with Gasteiger partial charge in [-0.1, -0.05) is 24.3 Å². The highest BCUT2D eigenvalue weighted by Crippen LogP contribution is 2.18. The van der Waals surface area contributed by atoms with Gasteiger partial charge in [-0.15, -0.1) is 0 Å². The van der Waals surface area contributed by atoms with Crippen molar-refractivity contribution in [2.45, 2.75) is 20.5 Å². The van der Waals surface area contributed by atoms with Crippen LogP contribution in [0.2, 0.25) is 0 Å². The molecule has 2 N–H and O–H groups in total. The Bertz CT molecular complexity index is 585. The maximum Gasteiger partial charge on any atom is 0.249 e. The zero-order chi connectivity index (χ0) is 13.8. The lowest BCUT2D eigenvalue weighted by atomic mass is 10.1. The van der Waals surface area contributed by atoms with Gasteiger partial charge in [0.2, 0.25) is 5.91 Å². The van der Waals surface area contributed by atoms with E-state index < -0.39 is 5.91 Å². The van der Waals surface area contributed by atoms with Crippen LogP contribution in [0.15, 0.2) is 42.5 Å². The first-order valence-corrected chi connectivity index (χ1v) is 6.15. The summed E-state index contributed by atoms with van der Waals surface area (Å²) in [5.41, 5.74) is 8.95. The highest BCUT2D eigenvalue weighted by atomic mass is 16.5. The van der Waals surface area contributed by atoms with Crippen LogP contribution in [0.3, 0.4) is 0 Å². The lowest BCUT2D eigenvalue weighted by molar-refractivity contribution is 0.0998. The van der Waals surface area contributed by atoms with Gasteiger partial charge in [0.05, 0.1) is 0 Å². The van der Waals surface area contributed by atoms with E-state index in [1.165, 1.54) is 0 Å². The molecule has 3 heteroatoms. The van der Waals surface area contributed by atoms with Crippen molar-refractivity contribution in [3.05, 3.63) is 64.7 Å². The van der Waals surface area contributed by atoms with Gasteiger partial charge < -0.3 is 10.5 Å². The van der Waals surface area contributed by atoms with Gasteiger partial charge in [0, 0.05) is 11.1 Å². The topological polar surface area (TPSA) is 52.3 Å². The zero-order valence-corrected chi connectivity index (χ0v) is 11.1. The lowest BCUT2D eigenvalue weighted by Gasteiger charge is -2.10. The van der Waals surface area contributed by atoms with Gasteiger partial charge in [0.15, 0.2) is 0 Å². The Morgan fingerprint density at radius 3 is 2.37 bits per heavy atom. The molecule has 1 amide bonds. The molecule has 0 aliphatic carbocycles. The number of hydrogen-bond acceptors (Lipinski definition) is 2. The molecule has 3 nitrogen and oxygen atoms in total. The van der Waals surface area contributed by atoms with Gasteiger partial charge in [-0.3, -0.25) is 4.79 Å². The fourth-order valence-corrected chi connectivity index (χ4v) is 2.06. The summed E-state index contributed by atoms with van der Waals surface area (Å²) in [6.07, 6.45) is 0. The second-order valence-corrected chi connectivity index (χ2v) is 4.63. The van der Waals surface area contributed by atoms with Crippen molar-refractivity contribution in [3.63, 3.8) is 0 Å². The van der Waals surface area contributed by atoms with Crippen molar-refractivity contribution in [3.8, 4) is 5.75 Å². The van der Waals surface area contributed by atoms with Crippen molar-refractivity contribution in [2.24, 2.45) is 5.73 Å². The highest BCUT2D eigenvalue weighted by molar-refractivity contribution is 5.94. The van der Waals surface area contributed by atoms with E-state index in [0.717, 1.165) is 22.4 Å². The minimum atomic E-state index is -0.431. The molecule has 2 aromatic rings. The number of aryl methyl sites for hydroxylation is 2. The van der Waals surface area contributed by atoms with Crippen LogP contribution in [0.5, 0.6) is 5.75 Å². The molecule has 0 aliphatic rings. The number of carbonyl (C=O) groups is 1. The maximum atomic E-state index is 11.3. The summed E-state index contributed by atoms with van der Waals surface area (Å²) < 4.78 is 5.74. The summed E-state index contributed by atoms with van der Waals surface area (Å²) in [5, 5.41) is 0. The Morgan fingerprint density at radius 2 is 1.74 bits per heavy atom. The molecule has 0 atom stereocenters. The van der Waals surface area contributed by atoms with E-state index >= 15 is 0 Å². The molecular formula is C16H17NO2. The second kappa shape index (κ2) is 5.57. The molecule has 0 saturated heterocycles. The summed E-state index contributed by atoms with van der Waals surface area (Å²) in [6, 6.07) is 13.3. The minimum Gasteiger partial charge on any atom is -0.489 e. The molecule has 19 heavy (non-hydrogen) atoms. The van der Waals surface area contributed by atoms with E-state index in [0.29, 0.717) is 12.2 Å². The number of primary amides is 1. The standard InChI is InChI=1S/C16H17NO2/c1-11-7-12(2)9-14(8-11)19-10-13-5-3-4-6-15(13)16(17)18/h3-9H,10H2,1-2H3,(H2,17,18). The molecule has 0 bridgehead atoms. The summed E-state index contributed by atoms with van der Waals surface area (Å²) in [4.78, 5) is 11.3. The molecule has 2 aromatic carbocycles. The molecule has 2 rings (SSSR count). The average Bonchev–Trinajstić information content (AvgIpc) is 2.35. The number of rotatable bonds is 4. The predicted octanol–water partition coefficient (Wildman–Crippen LogP) is 2.98. The summed E-state index contributed by atoms with van der Waals surface area (Å²) in [7, 11) is 0. The minimum absolute atomic E-state index is 0.335. The maximum absolute atomic E-state index is 11.3. The first-order chi connectivity index (χ1) is 9.06. The van der Waals surface area contributed by atoms with Crippen LogP contribution >= 0.6 is 0 Å². The Balaban J connectivity index is 2.16. The van der Waals surface area contributed by atoms with E-state index in [9.17, 15) is 4.79 Å². The molecule has 0 fully saturated rings. The smallest absolute Gasteiger partial charge is 0.249 e. The number of benzene rings is 2. The van der Waals surface area contributed by atoms with Crippen LogP contribution < -0.4 is 10.5 Å². The SMILES string of the molecule is Cc1cc(C)cc(OCc2ccccc2C(N)=O)c1. The van der Waals surface area contributed by atoms with Gasteiger partial charge in [-0.2, -0.15) is 0 Å². The summed E-state index contributed by atoms with van der Waals surface area (Å²) in [6.45, 7) is 4.39. The van der Waals surface area contributed by atoms with Gasteiger partial charge in [-0.25, -0.2) is 0 Å². The third-order valence-electron chi connectivity index (χ3n) is 2.87. The molecule has 0 heterocycles. The van der Waals surface area contributed by atoms with Crippen molar-refractivity contribution in [1.82, 2.24) is 0 Å². The van der Waals surface area contributed by atoms with Gasteiger partial charge in [0.25, 0.3) is 0 Å². The number of ether oxygens (including phenoxy) is 1. The third-order valence-corrected chi connectivity index (χ3v) is 2.87. The molecule has 98 valence electrons. The van der Waals surface area contributed by atoms with E-state index in [1.807, 2.05) is 38.1 Å². The predicted molar refractivity (Wildman–Crippen MR) is 75.2 cm³/mol. The Morgan fingerprint density at radius 1 is 1.11 bits per heavy atom. The van der Waals surface area contributed by atoms with Gasteiger partial charge in [-0.05, 0) is 43.2 Å². The van der Waals surface area contributed by atoms with Crippen molar-refractivity contribution >= 4 is 5.91 Å². The van der Waals surface area contributed by atoms with E-state index in [-0.39, 0.29) is 0 Å². The fraction of sp³-hybridized carbons (Fsp3) is 0.188. The van der Waals surface area contributed by atoms with Crippen molar-refractivity contribution in [1.29, 1.82) is 0 Å². The zero-order valence-electron chi connectivity index (χ0n) is 11.1. The van der Waals surface area contributed by atoms with Crippen LogP contribution in [0.1, 0.15) is 27.0 Å². The van der Waals surface area contributed by atoms with Crippen LogP contribution in [0.25, 0.3) is 0 Å². The Kier molecular flexibility index (Phi) is 3.85. The number of hydrogen-bond donors (Lipinski definition) is 1. The molecule has 0 aliphatic heterocycles. The monoisotopic (exact) mass is 255 g/mol. The number of nitrogens with two attached hydrogens (primary N) is 1. The van der Waals surface area contributed by atoms with E-state index in [1.54, 1.807) is 12.1 Å². The van der Waals surface area contributed by atoms with E-state index in [4.69, 9.17) is 10.5 Å². The van der Waals surface area contributed by atoms with Gasteiger partial charge >= 0.3 is 0 Å². The number of amides is 1. The van der Waals surface area contributed by atoms with Gasteiger partial charge in [0.1, 0.15) is 12.4 Å². The highest BCUT2D eigenvalue weighted by Gasteiger charge is 2.07. The van der Waals surface area contributed by atoms with Crippen LogP contribution in [-0.2, 0) is 6.61 Å². The summed E-state index contributed by atoms with van der Waals surface area (Å²) >= 11 is 0. The first-order valence-electron chi connectivity index (χ1n) is 6.15. The van der Waals surface area contributed by atoms with Crippen LogP contribution in [0, 0.1) is 13.8 Å². The molecule has 0 radical (unpaired) electrons. The summed E-state index contributed by atoms with van der Waals surface area (Å²) in [5.74, 6) is 0.372. The second-order valence-electron chi connectivity index (χ2n) is 4.63. The molecule has 0 saturated carbocycles. The number of carbonyl (C=O) groups excluding carboxylic acids is 1. The van der Waals surface area contributed by atoms with E-state index in [2.05, 4.69) is 6.07 Å². The Hall–Kier alpha value is -2.29. The average molecular weight is 255 g/mol. The molecular weight excluding hydrogens is 238 g/mol. The Labute approximate surface area is 113 Å². The van der Waals surface area contributed by atoms with Crippen molar-refractivity contribution < 1.29 is 9.53 Å². The fourth-order valence-electron chi connectivity index (χ4n) is 2.06. The van der Waals surface area contributed by atoms with Crippen LogP contribution in [0.4, 0.5) is 0 Å². The lowest BCUT2D eigenvalue weighted by Crippen LogP contribution is -2.14. The molecule has 0 aromatic heterocycles.